The van der Waals surface area contributed by atoms with Crippen molar-refractivity contribution in [1.82, 2.24) is 49.1 Å². The van der Waals surface area contributed by atoms with E-state index >= 15 is 8.78 Å². The molecule has 2 unspecified atom stereocenters. The molecular weight excluding hydrogens is 783 g/mol. The average molecular weight is 826 g/mol. The normalized spacial score (nSPS) is 23.2. The fraction of sp³-hybridized carbons (Fsp3) is 0.439. The molecule has 19 heteroatoms. The maximum atomic E-state index is 15.4. The smallest absolute Gasteiger partial charge is 0.245 e. The largest absolute Gasteiger partial charge is 0.375 e. The molecule has 4 aliphatic rings. The SMILES string of the molecule is CCO[C@H]1CN(C)C(=O)[C@@H]2C[C@@H](CN2c2nc(N3C4CC3CN(CCF)C4)nc3c2cnn3-c2ccc(F)cc2F)Nc2nccc(n2)-c2cc(F)cc3nc(C)n(c23)C1. The Bertz CT molecular complexity index is 2630. The lowest BCUT2D eigenvalue weighted by Gasteiger charge is -2.56. The molecule has 2 aromatic carbocycles. The number of hydrogen-bond acceptors (Lipinski definition) is 12. The van der Waals surface area contributed by atoms with E-state index < -0.39 is 36.3 Å². The van der Waals surface area contributed by atoms with Crippen LogP contribution < -0.4 is 15.1 Å². The molecule has 6 aromatic rings. The number of ether oxygens (including phenoxy) is 1. The van der Waals surface area contributed by atoms with Crippen LogP contribution in [0.4, 0.5) is 35.3 Å². The van der Waals surface area contributed by atoms with Crippen LogP contribution in [0, 0.1) is 24.4 Å². The lowest BCUT2D eigenvalue weighted by Crippen LogP contribution is -2.69. The number of benzene rings is 2. The number of hydrogen-bond donors (Lipinski definition) is 1. The topological polar surface area (TPSA) is 138 Å². The molecule has 8 heterocycles. The number of likely N-dealkylation sites (tertiary alicyclic amines) is 1. The van der Waals surface area contributed by atoms with E-state index in [1.165, 1.54) is 29.1 Å². The van der Waals surface area contributed by atoms with Crippen molar-refractivity contribution >= 4 is 45.7 Å². The van der Waals surface area contributed by atoms with Crippen molar-refractivity contribution in [3.8, 4) is 16.9 Å². The number of imidazole rings is 1. The van der Waals surface area contributed by atoms with Gasteiger partial charge in [0, 0.05) is 88.4 Å². The van der Waals surface area contributed by atoms with Crippen molar-refractivity contribution in [3.63, 3.8) is 0 Å². The minimum Gasteiger partial charge on any atom is -0.375 e. The molecule has 0 aliphatic carbocycles. The lowest BCUT2D eigenvalue weighted by atomic mass is 9.88. The van der Waals surface area contributed by atoms with Crippen LogP contribution in [0.3, 0.4) is 0 Å². The highest BCUT2D eigenvalue weighted by Gasteiger charge is 2.47. The molecule has 312 valence electrons. The Morgan fingerprint density at radius 3 is 2.55 bits per heavy atom. The highest BCUT2D eigenvalue weighted by atomic mass is 19.1. The minimum absolute atomic E-state index is 0.000505. The number of likely N-dealkylation sites (N-methyl/N-ethyl adjacent to an activating group) is 1. The molecule has 4 aromatic heterocycles. The van der Waals surface area contributed by atoms with Crippen LogP contribution in [0.5, 0.6) is 0 Å². The summed E-state index contributed by atoms with van der Waals surface area (Å²) in [5.41, 5.74) is 2.50. The first-order valence-electron chi connectivity index (χ1n) is 20.2. The van der Waals surface area contributed by atoms with Crippen molar-refractivity contribution in [2.45, 2.75) is 63.5 Å². The van der Waals surface area contributed by atoms with Gasteiger partial charge in [-0.3, -0.25) is 9.69 Å². The van der Waals surface area contributed by atoms with Crippen LogP contribution in [0.25, 0.3) is 39.0 Å². The van der Waals surface area contributed by atoms with E-state index in [4.69, 9.17) is 24.7 Å². The zero-order valence-electron chi connectivity index (χ0n) is 33.3. The van der Waals surface area contributed by atoms with Crippen LogP contribution in [0.2, 0.25) is 0 Å². The van der Waals surface area contributed by atoms with E-state index in [9.17, 15) is 13.6 Å². The van der Waals surface area contributed by atoms with Crippen LogP contribution in [0.1, 0.15) is 25.6 Å². The molecule has 0 spiro atoms. The molecule has 6 bridgehead atoms. The summed E-state index contributed by atoms with van der Waals surface area (Å²) >= 11 is 0. The van der Waals surface area contributed by atoms with E-state index in [1.54, 1.807) is 24.2 Å². The quantitative estimate of drug-likeness (QED) is 0.227. The maximum Gasteiger partial charge on any atom is 0.245 e. The van der Waals surface area contributed by atoms with Gasteiger partial charge in [-0.2, -0.15) is 15.1 Å². The number of nitrogens with zero attached hydrogens (tertiary/aromatic N) is 12. The van der Waals surface area contributed by atoms with Gasteiger partial charge in [0.05, 0.1) is 41.0 Å². The van der Waals surface area contributed by atoms with Gasteiger partial charge in [0.25, 0.3) is 0 Å². The van der Waals surface area contributed by atoms with Crippen molar-refractivity contribution in [2.24, 2.45) is 0 Å². The molecule has 3 fully saturated rings. The summed E-state index contributed by atoms with van der Waals surface area (Å²) in [5.74, 6) is -0.437. The predicted octanol–water partition coefficient (Wildman–Crippen LogP) is 4.52. The Morgan fingerprint density at radius 2 is 1.77 bits per heavy atom. The number of halogens is 4. The number of piperidine rings is 1. The van der Waals surface area contributed by atoms with E-state index in [0.29, 0.717) is 90.4 Å². The Morgan fingerprint density at radius 1 is 0.933 bits per heavy atom. The zero-order valence-corrected chi connectivity index (χ0v) is 33.3. The molecule has 1 amide bonds. The summed E-state index contributed by atoms with van der Waals surface area (Å²) < 4.78 is 67.6. The summed E-state index contributed by atoms with van der Waals surface area (Å²) in [5, 5.41) is 8.46. The molecule has 4 aliphatic heterocycles. The number of carbonyl (C=O) groups excluding carboxylic acids is 1. The van der Waals surface area contributed by atoms with Gasteiger partial charge in [0.2, 0.25) is 17.8 Å². The zero-order chi connectivity index (χ0) is 41.4. The van der Waals surface area contributed by atoms with E-state index in [2.05, 4.69) is 25.2 Å². The number of nitrogens with one attached hydrogen (secondary N) is 1. The van der Waals surface area contributed by atoms with Crippen molar-refractivity contribution in [2.75, 3.05) is 68.2 Å². The van der Waals surface area contributed by atoms with Gasteiger partial charge in [-0.25, -0.2) is 37.2 Å². The second-order valence-corrected chi connectivity index (χ2v) is 16.0. The summed E-state index contributed by atoms with van der Waals surface area (Å²) in [6.07, 6.45) is 3.90. The summed E-state index contributed by atoms with van der Waals surface area (Å²) in [6.45, 7) is 6.15. The van der Waals surface area contributed by atoms with E-state index in [-0.39, 0.29) is 48.5 Å². The molecule has 3 saturated heterocycles. The van der Waals surface area contributed by atoms with Gasteiger partial charge in [0.15, 0.2) is 11.5 Å². The fourth-order valence-corrected chi connectivity index (χ4v) is 9.56. The number of rotatable bonds is 7. The first kappa shape index (κ1) is 38.3. The van der Waals surface area contributed by atoms with Gasteiger partial charge in [-0.1, -0.05) is 0 Å². The molecule has 0 saturated carbocycles. The number of carbonyl (C=O) groups is 1. The summed E-state index contributed by atoms with van der Waals surface area (Å²) in [7, 11) is 1.75. The van der Waals surface area contributed by atoms with Crippen molar-refractivity contribution in [3.05, 3.63) is 72.1 Å². The van der Waals surface area contributed by atoms with Crippen molar-refractivity contribution < 1.29 is 27.1 Å². The maximum absolute atomic E-state index is 15.4. The number of amides is 1. The second-order valence-electron chi connectivity index (χ2n) is 16.0. The van der Waals surface area contributed by atoms with E-state index in [0.717, 1.165) is 18.6 Å². The molecule has 10 rings (SSSR count). The summed E-state index contributed by atoms with van der Waals surface area (Å²) in [4.78, 5) is 46.9. The van der Waals surface area contributed by atoms with Crippen molar-refractivity contribution in [1.29, 1.82) is 0 Å². The number of fused-ring (bicyclic) bond motifs is 8. The van der Waals surface area contributed by atoms with Crippen LogP contribution in [-0.2, 0) is 16.1 Å². The Balaban J connectivity index is 1.09. The number of aromatic nitrogens is 8. The first-order valence-corrected chi connectivity index (χ1v) is 20.2. The standard InChI is InChI=1S/C41H43F4N13O2/c1-4-60-28-20-53(3)39(59)35-14-25(49-40-46-9-7-32(50-40)29-11-24(44)13-33-36(29)55(21-28)22(2)48-33)17-56(35)37-30-16-47-58(34-6-5-23(43)12-31(34)45)38(30)52-41(51-37)57-26-15-27(57)19-54(18-26)10-8-42/h5-7,9,11-13,16,25-28,35H,4,8,10,14-15,17-21H2,1-3H3,(H,46,49,50)/t25-,26?,27?,28-,35-/m0/s1. The van der Waals surface area contributed by atoms with Crippen LogP contribution >= 0.6 is 0 Å². The van der Waals surface area contributed by atoms with Gasteiger partial charge < -0.3 is 29.3 Å². The Hall–Kier alpha value is -5.95. The monoisotopic (exact) mass is 825 g/mol. The number of aryl methyl sites for hydroxylation is 1. The molecule has 5 atom stereocenters. The number of alkyl halides is 1. The highest BCUT2D eigenvalue weighted by molar-refractivity contribution is 5.94. The third kappa shape index (κ3) is 6.54. The average Bonchev–Trinajstić information content (AvgIpc) is 3.92. The van der Waals surface area contributed by atoms with Gasteiger partial charge >= 0.3 is 0 Å². The Labute approximate surface area is 342 Å². The number of piperazine rings is 1. The molecule has 15 nitrogen and oxygen atoms in total. The Kier molecular flexibility index (Phi) is 9.53. The van der Waals surface area contributed by atoms with Gasteiger partial charge in [-0.05, 0) is 51.0 Å². The third-order valence-electron chi connectivity index (χ3n) is 12.2. The highest BCUT2D eigenvalue weighted by Crippen LogP contribution is 2.40. The summed E-state index contributed by atoms with van der Waals surface area (Å²) in [6, 6.07) is 6.77. The lowest BCUT2D eigenvalue weighted by molar-refractivity contribution is -0.133. The number of anilines is 3. The van der Waals surface area contributed by atoms with Crippen LogP contribution in [0.15, 0.2) is 48.8 Å². The fourth-order valence-electron chi connectivity index (χ4n) is 9.56. The molecule has 1 N–H and O–H groups in total. The predicted molar refractivity (Wildman–Crippen MR) is 215 cm³/mol. The third-order valence-corrected chi connectivity index (χ3v) is 12.2. The first-order chi connectivity index (χ1) is 29.1. The molecule has 0 radical (unpaired) electrons. The van der Waals surface area contributed by atoms with E-state index in [1.807, 2.05) is 23.3 Å². The van der Waals surface area contributed by atoms with Gasteiger partial charge in [-0.15, -0.1) is 0 Å². The minimum atomic E-state index is -0.819. The van der Waals surface area contributed by atoms with Crippen LogP contribution in [-0.4, -0.2) is 138 Å². The second kappa shape index (κ2) is 14.9. The van der Waals surface area contributed by atoms with Gasteiger partial charge in [0.1, 0.15) is 41.7 Å². The molecular formula is C41H43F4N13O2. The molecule has 60 heavy (non-hydrogen) atoms.